The van der Waals surface area contributed by atoms with Crippen molar-refractivity contribution in [1.29, 1.82) is 0 Å². The SMILES string of the molecule is Cc1ccccc1[C@@H](C)NC(=O)NCc1cccnc1N1CCOCC1. The highest BCUT2D eigenvalue weighted by molar-refractivity contribution is 5.74. The lowest BCUT2D eigenvalue weighted by molar-refractivity contribution is 0.122. The van der Waals surface area contributed by atoms with Gasteiger partial charge in [0.15, 0.2) is 0 Å². The van der Waals surface area contributed by atoms with E-state index in [-0.39, 0.29) is 12.1 Å². The van der Waals surface area contributed by atoms with Crippen LogP contribution >= 0.6 is 0 Å². The Hall–Kier alpha value is -2.60. The number of carbonyl (C=O) groups excluding carboxylic acids is 1. The average Bonchev–Trinajstić information content (AvgIpc) is 2.67. The van der Waals surface area contributed by atoms with Gasteiger partial charge in [-0.15, -0.1) is 0 Å². The Labute approximate surface area is 154 Å². The first-order chi connectivity index (χ1) is 12.6. The summed E-state index contributed by atoms with van der Waals surface area (Å²) in [6.07, 6.45) is 1.79. The summed E-state index contributed by atoms with van der Waals surface area (Å²) in [6.45, 7) is 7.53. The molecule has 0 aliphatic carbocycles. The molecule has 1 fully saturated rings. The largest absolute Gasteiger partial charge is 0.378 e. The molecule has 6 nitrogen and oxygen atoms in total. The Kier molecular flexibility index (Phi) is 6.07. The molecule has 2 N–H and O–H groups in total. The monoisotopic (exact) mass is 354 g/mol. The number of benzene rings is 1. The summed E-state index contributed by atoms with van der Waals surface area (Å²) >= 11 is 0. The van der Waals surface area contributed by atoms with Crippen LogP contribution in [0.4, 0.5) is 10.6 Å². The van der Waals surface area contributed by atoms with E-state index >= 15 is 0 Å². The van der Waals surface area contributed by atoms with E-state index in [1.165, 1.54) is 5.56 Å². The molecule has 0 radical (unpaired) electrons. The second-order valence-electron chi connectivity index (χ2n) is 6.49. The van der Waals surface area contributed by atoms with Crippen molar-refractivity contribution < 1.29 is 9.53 Å². The number of nitrogens with zero attached hydrogens (tertiary/aromatic N) is 2. The van der Waals surface area contributed by atoms with Gasteiger partial charge in [-0.25, -0.2) is 9.78 Å². The zero-order chi connectivity index (χ0) is 18.4. The van der Waals surface area contributed by atoms with Crippen LogP contribution in [0.15, 0.2) is 42.6 Å². The van der Waals surface area contributed by atoms with E-state index in [0.29, 0.717) is 19.8 Å². The smallest absolute Gasteiger partial charge is 0.315 e. The van der Waals surface area contributed by atoms with Crippen molar-refractivity contribution in [2.24, 2.45) is 0 Å². The average molecular weight is 354 g/mol. The minimum atomic E-state index is -0.183. The highest BCUT2D eigenvalue weighted by Crippen LogP contribution is 2.19. The number of pyridine rings is 1. The van der Waals surface area contributed by atoms with Crippen molar-refractivity contribution in [3.05, 3.63) is 59.3 Å². The molecule has 26 heavy (non-hydrogen) atoms. The maximum atomic E-state index is 12.3. The summed E-state index contributed by atoms with van der Waals surface area (Å²) in [7, 11) is 0. The number of aromatic nitrogens is 1. The van der Waals surface area contributed by atoms with Crippen LogP contribution in [0.25, 0.3) is 0 Å². The number of ether oxygens (including phenoxy) is 1. The second kappa shape index (κ2) is 8.67. The third-order valence-electron chi connectivity index (χ3n) is 4.62. The first kappa shape index (κ1) is 18.2. The van der Waals surface area contributed by atoms with Gasteiger partial charge in [-0.1, -0.05) is 30.3 Å². The lowest BCUT2D eigenvalue weighted by atomic mass is 10.0. The molecular weight excluding hydrogens is 328 g/mol. The quantitative estimate of drug-likeness (QED) is 0.866. The maximum Gasteiger partial charge on any atom is 0.315 e. The number of rotatable bonds is 5. The summed E-state index contributed by atoms with van der Waals surface area (Å²) in [5.74, 6) is 0.919. The number of urea groups is 1. The Bertz CT molecular complexity index is 744. The zero-order valence-electron chi connectivity index (χ0n) is 15.4. The maximum absolute atomic E-state index is 12.3. The number of amides is 2. The fraction of sp³-hybridized carbons (Fsp3) is 0.400. The van der Waals surface area contributed by atoms with E-state index in [1.54, 1.807) is 6.20 Å². The van der Waals surface area contributed by atoms with E-state index in [0.717, 1.165) is 30.0 Å². The number of hydrogen-bond acceptors (Lipinski definition) is 4. The van der Waals surface area contributed by atoms with Crippen LogP contribution in [0.2, 0.25) is 0 Å². The first-order valence-electron chi connectivity index (χ1n) is 9.01. The van der Waals surface area contributed by atoms with Gasteiger partial charge in [-0.3, -0.25) is 0 Å². The van der Waals surface area contributed by atoms with Crippen molar-refractivity contribution in [1.82, 2.24) is 15.6 Å². The summed E-state index contributed by atoms with van der Waals surface area (Å²) in [5.41, 5.74) is 3.30. The summed E-state index contributed by atoms with van der Waals surface area (Å²) in [4.78, 5) is 19.0. The van der Waals surface area contributed by atoms with E-state index in [2.05, 4.69) is 33.5 Å². The third-order valence-corrected chi connectivity index (χ3v) is 4.62. The molecular formula is C20H26N4O2. The minimum absolute atomic E-state index is 0.0520. The summed E-state index contributed by atoms with van der Waals surface area (Å²) in [5, 5.41) is 5.95. The Morgan fingerprint density at radius 2 is 2.00 bits per heavy atom. The Morgan fingerprint density at radius 1 is 1.23 bits per heavy atom. The molecule has 2 aromatic rings. The number of nitrogens with one attached hydrogen (secondary N) is 2. The number of carbonyl (C=O) groups is 1. The Balaban J connectivity index is 1.59. The number of aryl methyl sites for hydroxylation is 1. The number of morpholine rings is 1. The zero-order valence-corrected chi connectivity index (χ0v) is 15.4. The van der Waals surface area contributed by atoms with Gasteiger partial charge in [0.25, 0.3) is 0 Å². The molecule has 1 aliphatic heterocycles. The van der Waals surface area contributed by atoms with Gasteiger partial charge in [-0.05, 0) is 31.0 Å². The predicted octanol–water partition coefficient (Wildman–Crippen LogP) is 2.79. The lowest BCUT2D eigenvalue weighted by Crippen LogP contribution is -2.39. The van der Waals surface area contributed by atoms with Crippen LogP contribution in [0.1, 0.15) is 29.7 Å². The number of hydrogen-bond donors (Lipinski definition) is 2. The van der Waals surface area contributed by atoms with Crippen LogP contribution in [0.3, 0.4) is 0 Å². The molecule has 1 aliphatic rings. The molecule has 1 aromatic heterocycles. The highest BCUT2D eigenvalue weighted by Gasteiger charge is 2.16. The van der Waals surface area contributed by atoms with Crippen molar-refractivity contribution in [2.45, 2.75) is 26.4 Å². The van der Waals surface area contributed by atoms with E-state index in [4.69, 9.17) is 4.74 Å². The van der Waals surface area contributed by atoms with Gasteiger partial charge in [0.1, 0.15) is 5.82 Å². The normalized spacial score (nSPS) is 15.4. The third kappa shape index (κ3) is 4.52. The van der Waals surface area contributed by atoms with Gasteiger partial charge >= 0.3 is 6.03 Å². The molecule has 0 bridgehead atoms. The molecule has 3 rings (SSSR count). The van der Waals surface area contributed by atoms with E-state index in [9.17, 15) is 4.79 Å². The van der Waals surface area contributed by atoms with Gasteiger partial charge in [0, 0.05) is 31.4 Å². The molecule has 138 valence electrons. The second-order valence-corrected chi connectivity index (χ2v) is 6.49. The molecule has 0 unspecified atom stereocenters. The van der Waals surface area contributed by atoms with E-state index < -0.39 is 0 Å². The minimum Gasteiger partial charge on any atom is -0.378 e. The van der Waals surface area contributed by atoms with Crippen molar-refractivity contribution in [3.63, 3.8) is 0 Å². The molecule has 1 aromatic carbocycles. The lowest BCUT2D eigenvalue weighted by Gasteiger charge is -2.29. The van der Waals surface area contributed by atoms with Crippen molar-refractivity contribution >= 4 is 11.8 Å². The van der Waals surface area contributed by atoms with Crippen LogP contribution in [0.5, 0.6) is 0 Å². The van der Waals surface area contributed by atoms with Crippen LogP contribution in [0, 0.1) is 6.92 Å². The van der Waals surface area contributed by atoms with Crippen LogP contribution in [-0.4, -0.2) is 37.3 Å². The summed E-state index contributed by atoms with van der Waals surface area (Å²) < 4.78 is 5.41. The molecule has 6 heteroatoms. The van der Waals surface area contributed by atoms with Crippen molar-refractivity contribution in [3.8, 4) is 0 Å². The summed E-state index contributed by atoms with van der Waals surface area (Å²) in [6, 6.07) is 11.7. The van der Waals surface area contributed by atoms with Gasteiger partial charge in [-0.2, -0.15) is 0 Å². The Morgan fingerprint density at radius 3 is 2.77 bits per heavy atom. The fourth-order valence-corrected chi connectivity index (χ4v) is 3.20. The molecule has 1 saturated heterocycles. The molecule has 1 atom stereocenters. The van der Waals surface area contributed by atoms with Gasteiger partial charge in [0.05, 0.1) is 19.3 Å². The standard InChI is InChI=1S/C20H26N4O2/c1-15-6-3-4-8-18(15)16(2)23-20(25)22-14-17-7-5-9-21-19(17)24-10-12-26-13-11-24/h3-9,16H,10-14H2,1-2H3,(H2,22,23,25)/t16-/m1/s1. The molecule has 2 amide bonds. The fourth-order valence-electron chi connectivity index (χ4n) is 3.20. The topological polar surface area (TPSA) is 66.5 Å². The molecule has 0 saturated carbocycles. The van der Waals surface area contributed by atoms with Crippen LogP contribution in [-0.2, 0) is 11.3 Å². The van der Waals surface area contributed by atoms with E-state index in [1.807, 2.05) is 37.3 Å². The van der Waals surface area contributed by atoms with Gasteiger partial charge < -0.3 is 20.3 Å². The highest BCUT2D eigenvalue weighted by atomic mass is 16.5. The number of anilines is 1. The first-order valence-corrected chi connectivity index (χ1v) is 9.01. The van der Waals surface area contributed by atoms with Crippen molar-refractivity contribution in [2.75, 3.05) is 31.2 Å². The predicted molar refractivity (Wildman–Crippen MR) is 102 cm³/mol. The molecule has 2 heterocycles. The van der Waals surface area contributed by atoms with Gasteiger partial charge in [0.2, 0.25) is 0 Å². The molecule has 0 spiro atoms. The van der Waals surface area contributed by atoms with Crippen LogP contribution < -0.4 is 15.5 Å².